The minimum absolute atomic E-state index is 0.214. The Kier molecular flexibility index (Phi) is 4.59. The van der Waals surface area contributed by atoms with Crippen molar-refractivity contribution in [1.29, 1.82) is 0 Å². The van der Waals surface area contributed by atoms with Crippen LogP contribution in [0.1, 0.15) is 26.3 Å². The van der Waals surface area contributed by atoms with Crippen LogP contribution in [-0.2, 0) is 16.0 Å². The van der Waals surface area contributed by atoms with Gasteiger partial charge in [-0.1, -0.05) is 18.2 Å². The molecule has 0 fully saturated rings. The first kappa shape index (κ1) is 16.1. The molecule has 1 amide bonds. The Morgan fingerprint density at radius 1 is 1.36 bits per heavy atom. The van der Waals surface area contributed by atoms with Crippen molar-refractivity contribution in [2.24, 2.45) is 0 Å². The molecular weight excluding hydrogens is 284 g/mol. The minimum Gasteiger partial charge on any atom is -0.480 e. The molecule has 0 saturated heterocycles. The molecule has 1 aromatic rings. The fourth-order valence-corrected chi connectivity index (χ4v) is 2.45. The van der Waals surface area contributed by atoms with Crippen LogP contribution in [-0.4, -0.2) is 41.9 Å². The Hall–Kier alpha value is -2.24. The molecule has 1 unspecified atom stereocenters. The molecule has 22 heavy (non-hydrogen) atoms. The SMILES string of the molecule is CC(C)(C)OC(=O)NC(CN1CCc2ccccc21)C(=O)O. The zero-order valence-electron chi connectivity index (χ0n) is 13.1. The van der Waals surface area contributed by atoms with Crippen LogP contribution in [0.15, 0.2) is 24.3 Å². The van der Waals surface area contributed by atoms with Crippen molar-refractivity contribution in [2.45, 2.75) is 38.8 Å². The third-order valence-corrected chi connectivity index (χ3v) is 3.38. The van der Waals surface area contributed by atoms with Crippen LogP contribution in [0, 0.1) is 0 Å². The Morgan fingerprint density at radius 2 is 2.05 bits per heavy atom. The van der Waals surface area contributed by atoms with E-state index in [4.69, 9.17) is 4.74 Å². The Labute approximate surface area is 130 Å². The number of alkyl carbamates (subject to hydrolysis) is 1. The lowest BCUT2D eigenvalue weighted by molar-refractivity contribution is -0.139. The van der Waals surface area contributed by atoms with E-state index in [1.54, 1.807) is 20.8 Å². The highest BCUT2D eigenvalue weighted by atomic mass is 16.6. The molecule has 2 rings (SSSR count). The zero-order valence-corrected chi connectivity index (χ0v) is 13.1. The van der Waals surface area contributed by atoms with Gasteiger partial charge >= 0.3 is 12.1 Å². The number of benzene rings is 1. The molecule has 1 atom stereocenters. The van der Waals surface area contributed by atoms with Gasteiger partial charge in [0.25, 0.3) is 0 Å². The number of carboxylic acid groups (broad SMARTS) is 1. The maximum Gasteiger partial charge on any atom is 0.408 e. The summed E-state index contributed by atoms with van der Waals surface area (Å²) in [5.41, 5.74) is 1.57. The number of nitrogens with zero attached hydrogens (tertiary/aromatic N) is 1. The van der Waals surface area contributed by atoms with Crippen molar-refractivity contribution >= 4 is 17.7 Å². The molecule has 0 bridgehead atoms. The number of anilines is 1. The molecule has 6 heteroatoms. The summed E-state index contributed by atoms with van der Waals surface area (Å²) in [6, 6.07) is 6.88. The van der Waals surface area contributed by atoms with Gasteiger partial charge in [0, 0.05) is 18.8 Å². The van der Waals surface area contributed by atoms with Crippen LogP contribution in [0.2, 0.25) is 0 Å². The van der Waals surface area contributed by atoms with Crippen LogP contribution in [0.3, 0.4) is 0 Å². The van der Waals surface area contributed by atoms with Gasteiger partial charge in [0.1, 0.15) is 11.6 Å². The normalized spacial score (nSPS) is 15.1. The molecular formula is C16H22N2O4. The summed E-state index contributed by atoms with van der Waals surface area (Å²) in [4.78, 5) is 25.2. The van der Waals surface area contributed by atoms with Gasteiger partial charge in [0.2, 0.25) is 0 Å². The second-order valence-electron chi connectivity index (χ2n) is 6.36. The van der Waals surface area contributed by atoms with Gasteiger partial charge in [0.05, 0.1) is 0 Å². The smallest absolute Gasteiger partial charge is 0.408 e. The predicted molar refractivity (Wildman–Crippen MR) is 83.2 cm³/mol. The first-order chi connectivity index (χ1) is 10.3. The summed E-state index contributed by atoms with van der Waals surface area (Å²) < 4.78 is 5.12. The lowest BCUT2D eigenvalue weighted by atomic mass is 10.2. The summed E-state index contributed by atoms with van der Waals surface area (Å²) in [6.45, 7) is 6.17. The van der Waals surface area contributed by atoms with E-state index in [0.717, 1.165) is 18.7 Å². The summed E-state index contributed by atoms with van der Waals surface area (Å²) >= 11 is 0. The summed E-state index contributed by atoms with van der Waals surface area (Å²) in [7, 11) is 0. The molecule has 120 valence electrons. The van der Waals surface area contributed by atoms with E-state index in [1.165, 1.54) is 5.56 Å². The molecule has 1 aromatic carbocycles. The number of aliphatic carboxylic acids is 1. The average Bonchev–Trinajstić information content (AvgIpc) is 2.79. The molecule has 0 saturated carbocycles. The van der Waals surface area contributed by atoms with Gasteiger partial charge in [0.15, 0.2) is 0 Å². The van der Waals surface area contributed by atoms with E-state index < -0.39 is 23.7 Å². The number of carbonyl (C=O) groups is 2. The molecule has 0 radical (unpaired) electrons. The summed E-state index contributed by atoms with van der Waals surface area (Å²) in [5.74, 6) is -1.07. The highest BCUT2D eigenvalue weighted by Gasteiger charge is 2.28. The van der Waals surface area contributed by atoms with Crippen LogP contribution in [0.25, 0.3) is 0 Å². The van der Waals surface area contributed by atoms with Crippen LogP contribution < -0.4 is 10.2 Å². The van der Waals surface area contributed by atoms with Crippen molar-refractivity contribution in [3.63, 3.8) is 0 Å². The van der Waals surface area contributed by atoms with E-state index in [9.17, 15) is 14.7 Å². The van der Waals surface area contributed by atoms with Crippen molar-refractivity contribution in [3.8, 4) is 0 Å². The number of carbonyl (C=O) groups excluding carboxylic acids is 1. The average molecular weight is 306 g/mol. The van der Waals surface area contributed by atoms with Crippen molar-refractivity contribution < 1.29 is 19.4 Å². The second-order valence-corrected chi connectivity index (χ2v) is 6.36. The number of fused-ring (bicyclic) bond motifs is 1. The standard InChI is InChI=1S/C16H22N2O4/c1-16(2,3)22-15(21)17-12(14(19)20)10-18-9-8-11-6-4-5-7-13(11)18/h4-7,12H,8-10H2,1-3H3,(H,17,21)(H,19,20). The van der Waals surface area contributed by atoms with E-state index in [-0.39, 0.29) is 6.54 Å². The first-order valence-corrected chi connectivity index (χ1v) is 7.31. The quantitative estimate of drug-likeness (QED) is 0.890. The number of rotatable bonds is 4. The van der Waals surface area contributed by atoms with Crippen LogP contribution in [0.4, 0.5) is 10.5 Å². The van der Waals surface area contributed by atoms with Crippen LogP contribution >= 0.6 is 0 Å². The predicted octanol–water partition coefficient (Wildman–Crippen LogP) is 2.03. The highest BCUT2D eigenvalue weighted by molar-refractivity contribution is 5.81. The van der Waals surface area contributed by atoms with Gasteiger partial charge in [-0.15, -0.1) is 0 Å². The molecule has 1 aliphatic rings. The second kappa shape index (κ2) is 6.25. The molecule has 1 heterocycles. The van der Waals surface area contributed by atoms with Gasteiger partial charge in [-0.25, -0.2) is 9.59 Å². The molecule has 0 aromatic heterocycles. The number of hydrogen-bond acceptors (Lipinski definition) is 4. The Balaban J connectivity index is 2.02. The van der Waals surface area contributed by atoms with Gasteiger partial charge in [-0.3, -0.25) is 0 Å². The van der Waals surface area contributed by atoms with Crippen molar-refractivity contribution in [1.82, 2.24) is 5.32 Å². The Morgan fingerprint density at radius 3 is 2.68 bits per heavy atom. The number of nitrogens with one attached hydrogen (secondary N) is 1. The van der Waals surface area contributed by atoms with Crippen molar-refractivity contribution in [3.05, 3.63) is 29.8 Å². The molecule has 0 spiro atoms. The number of hydrogen-bond donors (Lipinski definition) is 2. The Bertz CT molecular complexity index is 566. The fourth-order valence-electron chi connectivity index (χ4n) is 2.45. The number of amides is 1. The van der Waals surface area contributed by atoms with E-state index in [0.29, 0.717) is 0 Å². The third-order valence-electron chi connectivity index (χ3n) is 3.38. The summed E-state index contributed by atoms with van der Waals surface area (Å²) in [6.07, 6.45) is 0.168. The van der Waals surface area contributed by atoms with E-state index >= 15 is 0 Å². The number of carboxylic acids is 1. The van der Waals surface area contributed by atoms with Crippen LogP contribution in [0.5, 0.6) is 0 Å². The number of para-hydroxylation sites is 1. The minimum atomic E-state index is -1.07. The highest BCUT2D eigenvalue weighted by Crippen LogP contribution is 2.27. The molecule has 1 aliphatic heterocycles. The topological polar surface area (TPSA) is 78.9 Å². The van der Waals surface area contributed by atoms with Gasteiger partial charge in [-0.2, -0.15) is 0 Å². The first-order valence-electron chi connectivity index (χ1n) is 7.31. The maximum absolute atomic E-state index is 11.8. The molecule has 2 N–H and O–H groups in total. The van der Waals surface area contributed by atoms with Gasteiger partial charge in [-0.05, 0) is 38.8 Å². The largest absolute Gasteiger partial charge is 0.480 e. The maximum atomic E-state index is 11.8. The molecule has 6 nitrogen and oxygen atoms in total. The van der Waals surface area contributed by atoms with E-state index in [1.807, 2.05) is 29.2 Å². The third kappa shape index (κ3) is 4.13. The van der Waals surface area contributed by atoms with Crippen molar-refractivity contribution in [2.75, 3.05) is 18.0 Å². The van der Waals surface area contributed by atoms with Gasteiger partial charge < -0.3 is 20.1 Å². The zero-order chi connectivity index (χ0) is 16.3. The number of ether oxygens (including phenoxy) is 1. The monoisotopic (exact) mass is 306 g/mol. The fraction of sp³-hybridized carbons (Fsp3) is 0.500. The molecule has 0 aliphatic carbocycles. The lowest BCUT2D eigenvalue weighted by Gasteiger charge is -2.26. The lowest BCUT2D eigenvalue weighted by Crippen LogP contribution is -2.49. The summed E-state index contributed by atoms with van der Waals surface area (Å²) in [5, 5.41) is 11.8. The van der Waals surface area contributed by atoms with E-state index in [2.05, 4.69) is 5.32 Å².